The molecule has 182 valence electrons. The Morgan fingerprint density at radius 1 is 1.09 bits per heavy atom. The Morgan fingerprint density at radius 2 is 1.86 bits per heavy atom. The van der Waals surface area contributed by atoms with E-state index in [9.17, 15) is 15.0 Å². The average molecular weight is 541 g/mol. The minimum atomic E-state index is -0.531. The Labute approximate surface area is 210 Å². The first kappa shape index (κ1) is 23.5. The van der Waals surface area contributed by atoms with Gasteiger partial charge in [0.15, 0.2) is 22.8 Å². The van der Waals surface area contributed by atoms with Crippen molar-refractivity contribution in [2.24, 2.45) is 0 Å². The van der Waals surface area contributed by atoms with Crippen LogP contribution < -0.4 is 4.74 Å². The van der Waals surface area contributed by atoms with Gasteiger partial charge in [0, 0.05) is 41.6 Å². The molecule has 1 saturated heterocycles. The number of morpholine rings is 1. The van der Waals surface area contributed by atoms with Crippen molar-refractivity contribution in [3.63, 3.8) is 0 Å². The van der Waals surface area contributed by atoms with Gasteiger partial charge < -0.3 is 28.7 Å². The first-order valence-corrected chi connectivity index (χ1v) is 12.1. The molecule has 0 atom stereocenters. The molecule has 2 N–H and O–H groups in total. The fourth-order valence-electron chi connectivity index (χ4n) is 4.46. The van der Waals surface area contributed by atoms with Crippen LogP contribution in [-0.2, 0) is 11.3 Å². The molecule has 5 rings (SSSR count). The quantitative estimate of drug-likeness (QED) is 0.329. The number of ketones is 1. The highest BCUT2D eigenvalue weighted by molar-refractivity contribution is 9.10. The first-order chi connectivity index (χ1) is 17.0. The zero-order chi connectivity index (χ0) is 24.5. The van der Waals surface area contributed by atoms with Gasteiger partial charge in [0.25, 0.3) is 0 Å². The summed E-state index contributed by atoms with van der Waals surface area (Å²) in [5, 5.41) is 22.6. The molecule has 0 bridgehead atoms. The van der Waals surface area contributed by atoms with Gasteiger partial charge in [0.2, 0.25) is 11.7 Å². The number of fused-ring (bicyclic) bond motifs is 1. The molecule has 9 heteroatoms. The molecule has 4 aromatic rings. The molecule has 0 saturated carbocycles. The number of ether oxygens (including phenoxy) is 2. The van der Waals surface area contributed by atoms with Crippen molar-refractivity contribution in [2.75, 3.05) is 40.0 Å². The number of carbonyl (C=O) groups is 1. The largest absolute Gasteiger partial charge is 0.503 e. The maximum atomic E-state index is 13.7. The topological polar surface area (TPSA) is 97.3 Å². The Hall–Kier alpha value is -3.27. The van der Waals surface area contributed by atoms with Crippen LogP contribution in [0, 0.1) is 0 Å². The number of hydrogen-bond acceptors (Lipinski definition) is 7. The number of methoxy groups -OCH3 is 1. The number of furan rings is 1. The molecular weight excluding hydrogens is 516 g/mol. The summed E-state index contributed by atoms with van der Waals surface area (Å²) < 4.78 is 19.0. The van der Waals surface area contributed by atoms with Crippen LogP contribution in [0.25, 0.3) is 22.2 Å². The van der Waals surface area contributed by atoms with Crippen molar-refractivity contribution in [2.45, 2.75) is 6.54 Å². The normalized spacial score (nSPS) is 14.5. The Bertz CT molecular complexity index is 1390. The van der Waals surface area contributed by atoms with Crippen molar-refractivity contribution < 1.29 is 28.9 Å². The van der Waals surface area contributed by atoms with Gasteiger partial charge in [-0.05, 0) is 24.3 Å². The van der Waals surface area contributed by atoms with Gasteiger partial charge in [0.1, 0.15) is 0 Å². The predicted molar refractivity (Wildman–Crippen MR) is 134 cm³/mol. The van der Waals surface area contributed by atoms with E-state index in [1.807, 2.05) is 36.4 Å². The van der Waals surface area contributed by atoms with Crippen LogP contribution in [0.2, 0.25) is 0 Å². The summed E-state index contributed by atoms with van der Waals surface area (Å²) >= 11 is 3.48. The third-order valence-corrected chi connectivity index (χ3v) is 6.72. The number of nitrogens with zero attached hydrogens (tertiary/aromatic N) is 2. The molecule has 1 aliphatic heterocycles. The number of carbonyl (C=O) groups excluding carboxylic acids is 1. The van der Waals surface area contributed by atoms with Gasteiger partial charge in [-0.25, -0.2) is 0 Å². The van der Waals surface area contributed by atoms with E-state index >= 15 is 0 Å². The van der Waals surface area contributed by atoms with E-state index in [1.54, 1.807) is 16.7 Å². The van der Waals surface area contributed by atoms with Crippen LogP contribution in [-0.4, -0.2) is 65.4 Å². The molecule has 0 amide bonds. The van der Waals surface area contributed by atoms with Gasteiger partial charge >= 0.3 is 0 Å². The maximum Gasteiger partial charge on any atom is 0.235 e. The lowest BCUT2D eigenvalue weighted by Crippen LogP contribution is -2.38. The summed E-state index contributed by atoms with van der Waals surface area (Å²) in [6.07, 6.45) is 0. The molecule has 3 heterocycles. The van der Waals surface area contributed by atoms with E-state index < -0.39 is 11.5 Å². The summed E-state index contributed by atoms with van der Waals surface area (Å²) in [5.74, 6) is -0.814. The van der Waals surface area contributed by atoms with E-state index in [2.05, 4.69) is 20.8 Å². The van der Waals surface area contributed by atoms with E-state index in [0.29, 0.717) is 54.3 Å². The molecule has 35 heavy (non-hydrogen) atoms. The second-order valence-corrected chi connectivity index (χ2v) is 9.25. The number of aromatic hydroxyl groups is 2. The van der Waals surface area contributed by atoms with Crippen LogP contribution in [0.1, 0.15) is 16.1 Å². The highest BCUT2D eigenvalue weighted by atomic mass is 79.9. The van der Waals surface area contributed by atoms with Crippen LogP contribution in [0.3, 0.4) is 0 Å². The Balaban J connectivity index is 1.61. The highest BCUT2D eigenvalue weighted by Crippen LogP contribution is 2.43. The fourth-order valence-corrected chi connectivity index (χ4v) is 4.86. The minimum Gasteiger partial charge on any atom is -0.503 e. The number of halogens is 1. The van der Waals surface area contributed by atoms with E-state index in [1.165, 1.54) is 7.11 Å². The van der Waals surface area contributed by atoms with Crippen LogP contribution in [0.5, 0.6) is 17.4 Å². The summed E-state index contributed by atoms with van der Waals surface area (Å²) in [7, 11) is 1.53. The van der Waals surface area contributed by atoms with Gasteiger partial charge in [-0.3, -0.25) is 9.69 Å². The van der Waals surface area contributed by atoms with Crippen LogP contribution in [0.15, 0.2) is 57.4 Å². The van der Waals surface area contributed by atoms with Crippen LogP contribution in [0.4, 0.5) is 0 Å². The summed E-state index contributed by atoms with van der Waals surface area (Å²) in [6.45, 7) is 3.88. The molecule has 1 fully saturated rings. The Kier molecular flexibility index (Phi) is 6.55. The second kappa shape index (κ2) is 9.77. The van der Waals surface area contributed by atoms with E-state index in [0.717, 1.165) is 17.6 Å². The Morgan fingerprint density at radius 3 is 2.60 bits per heavy atom. The van der Waals surface area contributed by atoms with Crippen molar-refractivity contribution in [1.29, 1.82) is 0 Å². The minimum absolute atomic E-state index is 0.0133. The van der Waals surface area contributed by atoms with Gasteiger partial charge in [-0.1, -0.05) is 40.2 Å². The summed E-state index contributed by atoms with van der Waals surface area (Å²) in [6, 6.07) is 14.4. The molecule has 2 aromatic heterocycles. The molecule has 2 aromatic carbocycles. The molecule has 8 nitrogen and oxygen atoms in total. The van der Waals surface area contributed by atoms with Gasteiger partial charge in [-0.15, -0.1) is 0 Å². The fraction of sp³-hybridized carbons (Fsp3) is 0.269. The van der Waals surface area contributed by atoms with Crippen molar-refractivity contribution >= 4 is 32.7 Å². The van der Waals surface area contributed by atoms with Gasteiger partial charge in [-0.2, -0.15) is 0 Å². The first-order valence-electron chi connectivity index (χ1n) is 11.3. The van der Waals surface area contributed by atoms with Gasteiger partial charge in [0.05, 0.1) is 31.6 Å². The monoisotopic (exact) mass is 540 g/mol. The number of benzene rings is 2. The SMILES string of the molecule is COc1cccc2cc(C(=O)c3c(O)c(O)n(CCN4CCOCC4)c3-c3cccc(Br)c3)oc12. The summed E-state index contributed by atoms with van der Waals surface area (Å²) in [5.41, 5.74) is 1.53. The smallest absolute Gasteiger partial charge is 0.235 e. The molecule has 1 aliphatic rings. The molecule has 0 aliphatic carbocycles. The van der Waals surface area contributed by atoms with Crippen molar-refractivity contribution in [1.82, 2.24) is 9.47 Å². The number of aromatic nitrogens is 1. The van der Waals surface area contributed by atoms with E-state index in [4.69, 9.17) is 13.9 Å². The number of para-hydroxylation sites is 1. The zero-order valence-corrected chi connectivity index (χ0v) is 20.7. The number of rotatable bonds is 7. The predicted octanol–water partition coefficient (Wildman–Crippen LogP) is 4.65. The standard InChI is InChI=1S/C26H25BrN2O6/c1-33-19-7-3-5-17-15-20(35-25(17)19)23(30)21-22(16-4-2-6-18(27)14-16)29(26(32)24(21)31)9-8-28-10-12-34-13-11-28/h2-7,14-15,31-32H,8-13H2,1H3. The molecular formula is C26H25BrN2O6. The molecule has 0 unspecified atom stereocenters. The lowest BCUT2D eigenvalue weighted by molar-refractivity contribution is 0.0362. The zero-order valence-electron chi connectivity index (χ0n) is 19.2. The van der Waals surface area contributed by atoms with E-state index in [-0.39, 0.29) is 17.2 Å². The summed E-state index contributed by atoms with van der Waals surface area (Å²) in [4.78, 5) is 15.9. The van der Waals surface area contributed by atoms with Crippen LogP contribution >= 0.6 is 15.9 Å². The molecule has 0 radical (unpaired) electrons. The lowest BCUT2D eigenvalue weighted by atomic mass is 10.0. The highest BCUT2D eigenvalue weighted by Gasteiger charge is 2.31. The van der Waals surface area contributed by atoms with Crippen molar-refractivity contribution in [3.8, 4) is 28.6 Å². The lowest BCUT2D eigenvalue weighted by Gasteiger charge is -2.27. The number of hydrogen-bond donors (Lipinski definition) is 2. The second-order valence-electron chi connectivity index (χ2n) is 8.33. The molecule has 0 spiro atoms. The average Bonchev–Trinajstić information content (AvgIpc) is 3.42. The third kappa shape index (κ3) is 4.42. The van der Waals surface area contributed by atoms with Crippen molar-refractivity contribution in [3.05, 3.63) is 64.3 Å². The maximum absolute atomic E-state index is 13.7. The third-order valence-electron chi connectivity index (χ3n) is 6.23.